The summed E-state index contributed by atoms with van der Waals surface area (Å²) < 4.78 is 4.40. The average molecular weight is 240 g/mol. The summed E-state index contributed by atoms with van der Waals surface area (Å²) in [6.07, 6.45) is 3.81. The van der Waals surface area contributed by atoms with E-state index in [9.17, 15) is 0 Å². The van der Waals surface area contributed by atoms with Crippen molar-refractivity contribution in [3.05, 3.63) is 48.3 Å². The molecule has 0 saturated carbocycles. The van der Waals surface area contributed by atoms with Crippen LogP contribution in [0.5, 0.6) is 0 Å². The number of imidazole rings is 2. The Morgan fingerprint density at radius 1 is 1.22 bits per heavy atom. The molecule has 0 unspecified atom stereocenters. The molecule has 1 aromatic carbocycles. The molecule has 0 aliphatic heterocycles. The van der Waals surface area contributed by atoms with Crippen molar-refractivity contribution in [2.45, 2.75) is 26.9 Å². The largest absolute Gasteiger partial charge is 0.333 e. The molecule has 4 heteroatoms. The minimum absolute atomic E-state index is 0.820. The Morgan fingerprint density at radius 2 is 2.06 bits per heavy atom. The summed E-state index contributed by atoms with van der Waals surface area (Å²) in [5.41, 5.74) is 3.44. The van der Waals surface area contributed by atoms with Crippen molar-refractivity contribution in [1.29, 1.82) is 0 Å². The van der Waals surface area contributed by atoms with Crippen LogP contribution in [0.2, 0.25) is 0 Å². The van der Waals surface area contributed by atoms with Gasteiger partial charge in [-0.3, -0.25) is 0 Å². The maximum Gasteiger partial charge on any atom is 0.107 e. The van der Waals surface area contributed by atoms with Crippen LogP contribution in [0.1, 0.15) is 18.4 Å². The Bertz CT molecular complexity index is 678. The van der Waals surface area contributed by atoms with E-state index in [4.69, 9.17) is 0 Å². The number of hydrogen-bond donors (Lipinski definition) is 0. The number of aryl methyl sites for hydroxylation is 2. The van der Waals surface area contributed by atoms with Gasteiger partial charge in [-0.05, 0) is 26.0 Å². The Kier molecular flexibility index (Phi) is 2.63. The fourth-order valence-electron chi connectivity index (χ4n) is 2.32. The topological polar surface area (TPSA) is 35.6 Å². The number of fused-ring (bicyclic) bond motifs is 1. The lowest BCUT2D eigenvalue weighted by molar-refractivity contribution is 0.667. The minimum Gasteiger partial charge on any atom is -0.333 e. The predicted octanol–water partition coefficient (Wildman–Crippen LogP) is 2.61. The smallest absolute Gasteiger partial charge is 0.107 e. The number of rotatable bonds is 3. The number of nitrogens with zero attached hydrogens (tertiary/aromatic N) is 4. The molecular formula is C14H16N4. The Balaban J connectivity index is 2.07. The Labute approximate surface area is 106 Å². The van der Waals surface area contributed by atoms with Gasteiger partial charge in [0.15, 0.2) is 0 Å². The molecule has 0 aliphatic rings. The second kappa shape index (κ2) is 4.29. The number of para-hydroxylation sites is 2. The standard InChI is InChI=1S/C14H16N4/c1-3-17-10-15-8-12(17)9-18-11(2)16-13-6-4-5-7-14(13)18/h4-8,10H,3,9H2,1-2H3. The van der Waals surface area contributed by atoms with Crippen LogP contribution in [-0.2, 0) is 13.1 Å². The minimum atomic E-state index is 0.820. The van der Waals surface area contributed by atoms with Crippen LogP contribution >= 0.6 is 0 Å². The molecule has 2 heterocycles. The van der Waals surface area contributed by atoms with Gasteiger partial charge in [-0.1, -0.05) is 12.1 Å². The third-order valence-corrected chi connectivity index (χ3v) is 3.30. The van der Waals surface area contributed by atoms with Crippen molar-refractivity contribution in [2.75, 3.05) is 0 Å². The molecule has 0 amide bonds. The van der Waals surface area contributed by atoms with E-state index in [0.717, 1.165) is 24.4 Å². The Morgan fingerprint density at radius 3 is 2.89 bits per heavy atom. The second-order valence-corrected chi connectivity index (χ2v) is 4.40. The lowest BCUT2D eigenvalue weighted by Crippen LogP contribution is -2.07. The van der Waals surface area contributed by atoms with Crippen LogP contribution in [0.25, 0.3) is 11.0 Å². The summed E-state index contributed by atoms with van der Waals surface area (Å²) in [6, 6.07) is 8.24. The predicted molar refractivity (Wildman–Crippen MR) is 71.5 cm³/mol. The highest BCUT2D eigenvalue weighted by Crippen LogP contribution is 2.17. The van der Waals surface area contributed by atoms with Crippen molar-refractivity contribution in [1.82, 2.24) is 19.1 Å². The third kappa shape index (κ3) is 1.70. The first-order chi connectivity index (χ1) is 8.79. The normalized spacial score (nSPS) is 11.2. The van der Waals surface area contributed by atoms with Crippen molar-refractivity contribution in [3.63, 3.8) is 0 Å². The average Bonchev–Trinajstić information content (AvgIpc) is 2.95. The monoisotopic (exact) mass is 240 g/mol. The first-order valence-electron chi connectivity index (χ1n) is 6.20. The molecule has 3 aromatic rings. The number of hydrogen-bond acceptors (Lipinski definition) is 2. The second-order valence-electron chi connectivity index (χ2n) is 4.40. The lowest BCUT2D eigenvalue weighted by Gasteiger charge is -2.08. The molecule has 0 radical (unpaired) electrons. The molecule has 0 saturated heterocycles. The van der Waals surface area contributed by atoms with E-state index in [2.05, 4.69) is 44.2 Å². The van der Waals surface area contributed by atoms with Gasteiger partial charge < -0.3 is 9.13 Å². The van der Waals surface area contributed by atoms with Crippen LogP contribution in [-0.4, -0.2) is 19.1 Å². The van der Waals surface area contributed by atoms with Gasteiger partial charge in [0.2, 0.25) is 0 Å². The molecule has 0 aliphatic carbocycles. The zero-order chi connectivity index (χ0) is 12.5. The summed E-state index contributed by atoms with van der Waals surface area (Å²) in [5, 5.41) is 0. The molecule has 4 nitrogen and oxygen atoms in total. The highest BCUT2D eigenvalue weighted by atomic mass is 15.1. The van der Waals surface area contributed by atoms with Crippen LogP contribution < -0.4 is 0 Å². The highest BCUT2D eigenvalue weighted by Gasteiger charge is 2.09. The summed E-state index contributed by atoms with van der Waals surface area (Å²) in [7, 11) is 0. The molecule has 0 fully saturated rings. The molecule has 0 N–H and O–H groups in total. The van der Waals surface area contributed by atoms with Gasteiger partial charge in [0.1, 0.15) is 5.82 Å². The summed E-state index contributed by atoms with van der Waals surface area (Å²) in [4.78, 5) is 8.79. The maximum atomic E-state index is 4.58. The summed E-state index contributed by atoms with van der Waals surface area (Å²) in [5.74, 6) is 1.04. The van der Waals surface area contributed by atoms with E-state index < -0.39 is 0 Å². The quantitative estimate of drug-likeness (QED) is 0.705. The van der Waals surface area contributed by atoms with E-state index in [1.807, 2.05) is 25.5 Å². The van der Waals surface area contributed by atoms with Crippen LogP contribution in [0.15, 0.2) is 36.8 Å². The zero-order valence-corrected chi connectivity index (χ0v) is 10.7. The van der Waals surface area contributed by atoms with Crippen molar-refractivity contribution in [2.24, 2.45) is 0 Å². The van der Waals surface area contributed by atoms with E-state index in [1.54, 1.807) is 0 Å². The first kappa shape index (κ1) is 11.0. The van der Waals surface area contributed by atoms with Crippen LogP contribution in [0.3, 0.4) is 0 Å². The van der Waals surface area contributed by atoms with Crippen molar-refractivity contribution in [3.8, 4) is 0 Å². The van der Waals surface area contributed by atoms with Crippen molar-refractivity contribution >= 4 is 11.0 Å². The fourth-order valence-corrected chi connectivity index (χ4v) is 2.32. The molecule has 0 bridgehead atoms. The molecule has 92 valence electrons. The maximum absolute atomic E-state index is 4.58. The molecule has 2 aromatic heterocycles. The Hall–Kier alpha value is -2.10. The third-order valence-electron chi connectivity index (χ3n) is 3.30. The molecule has 3 rings (SSSR count). The molecule has 18 heavy (non-hydrogen) atoms. The SMILES string of the molecule is CCn1cncc1Cn1c(C)nc2ccccc21. The number of aromatic nitrogens is 4. The first-order valence-corrected chi connectivity index (χ1v) is 6.20. The van der Waals surface area contributed by atoms with E-state index in [1.165, 1.54) is 11.2 Å². The lowest BCUT2D eigenvalue weighted by atomic mass is 10.3. The summed E-state index contributed by atoms with van der Waals surface area (Å²) in [6.45, 7) is 5.94. The van der Waals surface area contributed by atoms with E-state index >= 15 is 0 Å². The van der Waals surface area contributed by atoms with Gasteiger partial charge in [0.05, 0.1) is 29.6 Å². The molecular weight excluding hydrogens is 224 g/mol. The van der Waals surface area contributed by atoms with Gasteiger partial charge in [-0.2, -0.15) is 0 Å². The van der Waals surface area contributed by atoms with Crippen LogP contribution in [0.4, 0.5) is 0 Å². The fraction of sp³-hybridized carbons (Fsp3) is 0.286. The van der Waals surface area contributed by atoms with Gasteiger partial charge >= 0.3 is 0 Å². The van der Waals surface area contributed by atoms with Crippen molar-refractivity contribution < 1.29 is 0 Å². The highest BCUT2D eigenvalue weighted by molar-refractivity contribution is 5.75. The molecule has 0 spiro atoms. The van der Waals surface area contributed by atoms with Gasteiger partial charge in [0.25, 0.3) is 0 Å². The van der Waals surface area contributed by atoms with E-state index in [-0.39, 0.29) is 0 Å². The molecule has 0 atom stereocenters. The number of benzene rings is 1. The van der Waals surface area contributed by atoms with Gasteiger partial charge in [0, 0.05) is 12.7 Å². The van der Waals surface area contributed by atoms with E-state index in [0.29, 0.717) is 0 Å². The van der Waals surface area contributed by atoms with Gasteiger partial charge in [-0.15, -0.1) is 0 Å². The van der Waals surface area contributed by atoms with Gasteiger partial charge in [-0.25, -0.2) is 9.97 Å². The van der Waals surface area contributed by atoms with Crippen LogP contribution in [0, 0.1) is 6.92 Å². The zero-order valence-electron chi connectivity index (χ0n) is 10.7. The summed E-state index contributed by atoms with van der Waals surface area (Å²) >= 11 is 0.